The molecule has 0 saturated heterocycles. The molecule has 0 atom stereocenters. The minimum absolute atomic E-state index is 1.17. The van der Waals surface area contributed by atoms with Crippen molar-refractivity contribution in [1.82, 2.24) is 9.55 Å². The fourth-order valence-electron chi connectivity index (χ4n) is 6.69. The van der Waals surface area contributed by atoms with Crippen LogP contribution in [0.3, 0.4) is 0 Å². The van der Waals surface area contributed by atoms with Crippen molar-refractivity contribution in [3.8, 4) is 16.8 Å². The highest BCUT2D eigenvalue weighted by molar-refractivity contribution is 6.22. The Morgan fingerprint density at radius 3 is 1.85 bits per heavy atom. The number of aromatic amines is 1. The van der Waals surface area contributed by atoms with Crippen LogP contribution < -0.4 is 0 Å². The lowest BCUT2D eigenvalue weighted by Crippen LogP contribution is -1.93. The van der Waals surface area contributed by atoms with Crippen LogP contribution in [0.1, 0.15) is 0 Å². The van der Waals surface area contributed by atoms with Crippen LogP contribution in [0.15, 0.2) is 140 Å². The third-order valence-electron chi connectivity index (χ3n) is 8.50. The molecule has 0 aliphatic carbocycles. The molecule has 7 aromatic carbocycles. The number of H-pyrrole nitrogens is 1. The number of benzene rings is 7. The zero-order valence-corrected chi connectivity index (χ0v) is 21.7. The lowest BCUT2D eigenvalue weighted by atomic mass is 9.94. The molecular weight excluding hydrogens is 484 g/mol. The van der Waals surface area contributed by atoms with Gasteiger partial charge in [-0.05, 0) is 81.2 Å². The number of aromatic nitrogens is 2. The zero-order chi connectivity index (χ0) is 26.2. The maximum absolute atomic E-state index is 3.59. The number of nitrogens with zero attached hydrogens (tertiary/aromatic N) is 1. The van der Waals surface area contributed by atoms with Crippen LogP contribution >= 0.6 is 0 Å². The van der Waals surface area contributed by atoms with Gasteiger partial charge >= 0.3 is 0 Å². The first-order chi connectivity index (χ1) is 19.8. The van der Waals surface area contributed by atoms with Gasteiger partial charge in [-0.25, -0.2) is 0 Å². The molecule has 2 heterocycles. The molecule has 2 aromatic heterocycles. The second-order valence-electron chi connectivity index (χ2n) is 10.7. The van der Waals surface area contributed by atoms with E-state index in [0.29, 0.717) is 0 Å². The molecule has 1 N–H and O–H groups in total. The second kappa shape index (κ2) is 8.08. The van der Waals surface area contributed by atoms with Crippen molar-refractivity contribution >= 4 is 65.2 Å². The van der Waals surface area contributed by atoms with Crippen LogP contribution in [0, 0.1) is 0 Å². The van der Waals surface area contributed by atoms with Gasteiger partial charge in [-0.1, -0.05) is 91.0 Å². The first-order valence-electron chi connectivity index (χ1n) is 13.8. The van der Waals surface area contributed by atoms with Gasteiger partial charge < -0.3 is 9.55 Å². The van der Waals surface area contributed by atoms with Gasteiger partial charge in [0.15, 0.2) is 0 Å². The van der Waals surface area contributed by atoms with Gasteiger partial charge in [-0.2, -0.15) is 0 Å². The number of hydrogen-bond acceptors (Lipinski definition) is 0. The Morgan fingerprint density at radius 2 is 1.07 bits per heavy atom. The minimum atomic E-state index is 1.17. The van der Waals surface area contributed by atoms with Crippen molar-refractivity contribution in [2.24, 2.45) is 0 Å². The van der Waals surface area contributed by atoms with Crippen LogP contribution in [-0.2, 0) is 0 Å². The van der Waals surface area contributed by atoms with Crippen molar-refractivity contribution in [3.63, 3.8) is 0 Å². The maximum atomic E-state index is 3.59. The van der Waals surface area contributed by atoms with Crippen LogP contribution in [0.25, 0.3) is 82.0 Å². The Labute approximate surface area is 230 Å². The highest BCUT2D eigenvalue weighted by atomic mass is 15.0. The van der Waals surface area contributed by atoms with Crippen molar-refractivity contribution in [1.29, 1.82) is 0 Å². The molecule has 0 saturated carbocycles. The molecular formula is C38H24N2. The average molecular weight is 509 g/mol. The van der Waals surface area contributed by atoms with Crippen LogP contribution in [0.4, 0.5) is 0 Å². The first kappa shape index (κ1) is 21.6. The normalized spacial score (nSPS) is 12.0. The summed E-state index contributed by atoms with van der Waals surface area (Å²) in [6.45, 7) is 0. The summed E-state index contributed by atoms with van der Waals surface area (Å²) in [6, 6.07) is 50.8. The van der Waals surface area contributed by atoms with Crippen LogP contribution in [0.5, 0.6) is 0 Å². The molecule has 40 heavy (non-hydrogen) atoms. The molecule has 0 aliphatic heterocycles. The molecule has 0 fully saturated rings. The number of fused-ring (bicyclic) bond motifs is 9. The Hall–Kier alpha value is -5.34. The lowest BCUT2D eigenvalue weighted by molar-refractivity contribution is 1.18. The Balaban J connectivity index is 1.22. The third kappa shape index (κ3) is 2.99. The minimum Gasteiger partial charge on any atom is -0.354 e. The fourth-order valence-corrected chi connectivity index (χ4v) is 6.69. The average Bonchev–Trinajstić information content (AvgIpc) is 3.56. The molecule has 0 spiro atoms. The van der Waals surface area contributed by atoms with Crippen molar-refractivity contribution < 1.29 is 0 Å². The highest BCUT2D eigenvalue weighted by Crippen LogP contribution is 2.38. The molecule has 9 rings (SSSR count). The third-order valence-corrected chi connectivity index (χ3v) is 8.50. The first-order valence-corrected chi connectivity index (χ1v) is 13.8. The van der Waals surface area contributed by atoms with E-state index in [-0.39, 0.29) is 0 Å². The summed E-state index contributed by atoms with van der Waals surface area (Å²) in [5.41, 5.74) is 8.49. The topological polar surface area (TPSA) is 20.7 Å². The quantitative estimate of drug-likeness (QED) is 0.224. The Kier molecular flexibility index (Phi) is 4.36. The molecule has 2 nitrogen and oxygen atoms in total. The summed E-state index contributed by atoms with van der Waals surface area (Å²) >= 11 is 0. The molecule has 0 aliphatic rings. The summed E-state index contributed by atoms with van der Waals surface area (Å²) in [5.74, 6) is 0. The monoisotopic (exact) mass is 508 g/mol. The smallest absolute Gasteiger partial charge is 0.0541 e. The molecule has 0 bridgehead atoms. The molecule has 186 valence electrons. The number of hydrogen-bond donors (Lipinski definition) is 1. The van der Waals surface area contributed by atoms with Gasteiger partial charge in [0, 0.05) is 38.3 Å². The predicted molar refractivity (Wildman–Crippen MR) is 171 cm³/mol. The van der Waals surface area contributed by atoms with E-state index in [1.807, 2.05) is 0 Å². The van der Waals surface area contributed by atoms with Crippen molar-refractivity contribution in [3.05, 3.63) is 140 Å². The van der Waals surface area contributed by atoms with Gasteiger partial charge in [0.05, 0.1) is 11.0 Å². The molecule has 0 amide bonds. The standard InChI is InChI=1S/C38H24N2/c1-4-13-34-31(11-1)38-33-23-25-8-7-12-28(32(25)22-26(33)18-21-35(38)39-34)24-16-19-27(20-17-24)40-36-14-5-2-9-29(36)30-10-3-6-15-37(30)40/h1-23,39H. The highest BCUT2D eigenvalue weighted by Gasteiger charge is 2.13. The van der Waals surface area contributed by atoms with Gasteiger partial charge in [0.25, 0.3) is 0 Å². The fraction of sp³-hybridized carbons (Fsp3) is 0. The van der Waals surface area contributed by atoms with E-state index >= 15 is 0 Å². The molecule has 0 unspecified atom stereocenters. The summed E-state index contributed by atoms with van der Waals surface area (Å²) in [4.78, 5) is 3.59. The van der Waals surface area contributed by atoms with Gasteiger partial charge in [0.2, 0.25) is 0 Å². The summed E-state index contributed by atoms with van der Waals surface area (Å²) < 4.78 is 2.37. The van der Waals surface area contributed by atoms with Crippen LogP contribution in [0.2, 0.25) is 0 Å². The van der Waals surface area contributed by atoms with E-state index < -0.39 is 0 Å². The molecule has 0 radical (unpaired) electrons. The number of nitrogens with one attached hydrogen (secondary N) is 1. The van der Waals surface area contributed by atoms with Crippen molar-refractivity contribution in [2.45, 2.75) is 0 Å². The predicted octanol–water partition coefficient (Wildman–Crippen LogP) is 10.4. The SMILES string of the molecule is c1cc(-c2ccc(-n3c4ccccc4c4ccccc43)cc2)c2cc3ccc4[nH]c5ccccc5c4c3cc2c1. The lowest BCUT2D eigenvalue weighted by Gasteiger charge is -2.12. The van der Waals surface area contributed by atoms with Gasteiger partial charge in [-0.15, -0.1) is 0 Å². The maximum Gasteiger partial charge on any atom is 0.0541 e. The van der Waals surface area contributed by atoms with E-state index in [1.54, 1.807) is 0 Å². The van der Waals surface area contributed by atoms with Gasteiger partial charge in [-0.3, -0.25) is 0 Å². The molecule has 9 aromatic rings. The van der Waals surface area contributed by atoms with Crippen LogP contribution in [-0.4, -0.2) is 9.55 Å². The number of para-hydroxylation sites is 3. The van der Waals surface area contributed by atoms with Crippen molar-refractivity contribution in [2.75, 3.05) is 0 Å². The summed E-state index contributed by atoms with van der Waals surface area (Å²) in [5, 5.41) is 10.2. The second-order valence-corrected chi connectivity index (χ2v) is 10.7. The molecule has 2 heteroatoms. The largest absolute Gasteiger partial charge is 0.354 e. The zero-order valence-electron chi connectivity index (χ0n) is 21.7. The Morgan fingerprint density at radius 1 is 0.425 bits per heavy atom. The number of rotatable bonds is 2. The summed E-state index contributed by atoms with van der Waals surface area (Å²) in [6.07, 6.45) is 0. The van der Waals surface area contributed by atoms with Gasteiger partial charge in [0.1, 0.15) is 0 Å². The van der Waals surface area contributed by atoms with E-state index in [4.69, 9.17) is 0 Å². The van der Waals surface area contributed by atoms with E-state index in [9.17, 15) is 0 Å². The van der Waals surface area contributed by atoms with E-state index in [2.05, 4.69) is 149 Å². The van der Waals surface area contributed by atoms with E-state index in [0.717, 1.165) is 0 Å². The Bertz CT molecular complexity index is 2370. The summed E-state index contributed by atoms with van der Waals surface area (Å²) in [7, 11) is 0. The van der Waals surface area contributed by atoms with E-state index in [1.165, 1.54) is 82.0 Å².